The summed E-state index contributed by atoms with van der Waals surface area (Å²) in [6, 6.07) is 16.1. The van der Waals surface area contributed by atoms with Crippen molar-refractivity contribution in [3.8, 4) is 16.9 Å². The number of fused-ring (bicyclic) bond motifs is 6. The van der Waals surface area contributed by atoms with Crippen LogP contribution in [-0.2, 0) is 13.5 Å². The van der Waals surface area contributed by atoms with Gasteiger partial charge in [0.25, 0.3) is 6.33 Å². The maximum atomic E-state index is 8.28. The molecule has 0 unspecified atom stereocenters. The summed E-state index contributed by atoms with van der Waals surface area (Å²) in [7, 11) is 1.97. The van der Waals surface area contributed by atoms with Crippen molar-refractivity contribution in [2.24, 2.45) is 7.05 Å². The highest BCUT2D eigenvalue weighted by molar-refractivity contribution is 5.94. The molecular formula is C26H23N4+. The molecule has 3 aromatic carbocycles. The van der Waals surface area contributed by atoms with Gasteiger partial charge in [0, 0.05) is 16.1 Å². The summed E-state index contributed by atoms with van der Waals surface area (Å²) in [5, 5.41) is 1.01. The Morgan fingerprint density at radius 2 is 1.93 bits per heavy atom. The van der Waals surface area contributed by atoms with E-state index in [-0.39, 0.29) is 0 Å². The molecule has 5 aromatic rings. The number of nitrogens with zero attached hydrogens (tertiary/aromatic N) is 4. The summed E-state index contributed by atoms with van der Waals surface area (Å²) in [5.74, 6) is 0.936. The van der Waals surface area contributed by atoms with Crippen LogP contribution in [0.15, 0.2) is 54.9 Å². The average molecular weight is 395 g/mol. The zero-order chi connectivity index (χ0) is 23.1. The van der Waals surface area contributed by atoms with Gasteiger partial charge in [-0.3, -0.25) is 4.57 Å². The van der Waals surface area contributed by atoms with Crippen molar-refractivity contribution in [3.05, 3.63) is 82.9 Å². The van der Waals surface area contributed by atoms with E-state index in [9.17, 15) is 0 Å². The Bertz CT molecular complexity index is 1610. The van der Waals surface area contributed by atoms with E-state index in [0.717, 1.165) is 61.4 Å². The van der Waals surface area contributed by atoms with Crippen LogP contribution in [0.4, 0.5) is 0 Å². The molecule has 6 rings (SSSR count). The van der Waals surface area contributed by atoms with Crippen molar-refractivity contribution in [1.29, 1.82) is 0 Å². The number of imidazole rings is 1. The molecule has 1 aliphatic heterocycles. The minimum atomic E-state index is -2.23. The van der Waals surface area contributed by atoms with Gasteiger partial charge in [0.1, 0.15) is 11.5 Å². The van der Waals surface area contributed by atoms with Gasteiger partial charge in [0.2, 0.25) is 0 Å². The van der Waals surface area contributed by atoms with Crippen LogP contribution >= 0.6 is 0 Å². The summed E-state index contributed by atoms with van der Waals surface area (Å²) >= 11 is 0. The second-order valence-electron chi connectivity index (χ2n) is 8.18. The second kappa shape index (κ2) is 5.99. The van der Waals surface area contributed by atoms with Gasteiger partial charge in [-0.2, -0.15) is 0 Å². The van der Waals surface area contributed by atoms with Gasteiger partial charge >= 0.3 is 0 Å². The maximum absolute atomic E-state index is 8.28. The number of hydrogen-bond acceptors (Lipinski definition) is 2. The van der Waals surface area contributed by atoms with Crippen molar-refractivity contribution in [2.75, 3.05) is 0 Å². The summed E-state index contributed by atoms with van der Waals surface area (Å²) in [4.78, 5) is 9.49. The molecule has 0 radical (unpaired) electrons. The van der Waals surface area contributed by atoms with Gasteiger partial charge in [0.05, 0.1) is 29.2 Å². The minimum Gasteiger partial charge on any atom is -0.296 e. The fourth-order valence-corrected chi connectivity index (χ4v) is 4.80. The first-order chi connectivity index (χ1) is 15.7. The van der Waals surface area contributed by atoms with Crippen LogP contribution in [0, 0.1) is 20.7 Å². The zero-order valence-electron chi connectivity index (χ0n) is 20.2. The van der Waals surface area contributed by atoms with Crippen molar-refractivity contribution < 1.29 is 8.68 Å². The van der Waals surface area contributed by atoms with Gasteiger partial charge in [-0.15, -0.1) is 0 Å². The maximum Gasteiger partial charge on any atom is 0.287 e. The molecule has 3 heterocycles. The lowest BCUT2D eigenvalue weighted by Gasteiger charge is -2.16. The van der Waals surface area contributed by atoms with Crippen molar-refractivity contribution in [1.82, 2.24) is 14.5 Å². The first kappa shape index (κ1) is 14.5. The largest absolute Gasteiger partial charge is 0.296 e. The third-order valence-electron chi connectivity index (χ3n) is 6.24. The van der Waals surface area contributed by atoms with Gasteiger partial charge in [0.15, 0.2) is 5.52 Å². The van der Waals surface area contributed by atoms with Crippen LogP contribution in [-0.4, -0.2) is 14.5 Å². The first-order valence-electron chi connectivity index (χ1n) is 11.6. The van der Waals surface area contributed by atoms with E-state index in [1.807, 2.05) is 55.2 Å². The lowest BCUT2D eigenvalue weighted by atomic mass is 9.91. The Labute approximate surface area is 179 Å². The van der Waals surface area contributed by atoms with E-state index in [1.165, 1.54) is 0 Å². The molecular weight excluding hydrogens is 368 g/mol. The summed E-state index contributed by atoms with van der Waals surface area (Å²) in [6.45, 7) is 1.75. The third-order valence-corrected chi connectivity index (χ3v) is 6.24. The van der Waals surface area contributed by atoms with Crippen LogP contribution in [0.1, 0.15) is 32.2 Å². The van der Waals surface area contributed by atoms with E-state index in [1.54, 1.807) is 0 Å². The Kier molecular flexibility index (Phi) is 2.88. The third kappa shape index (κ3) is 2.25. The predicted molar refractivity (Wildman–Crippen MR) is 120 cm³/mol. The van der Waals surface area contributed by atoms with Crippen molar-refractivity contribution in [2.45, 2.75) is 27.1 Å². The minimum absolute atomic E-state index is 0.374. The molecule has 0 amide bonds. The highest BCUT2D eigenvalue weighted by atomic mass is 15.1. The molecule has 1 aliphatic rings. The normalized spacial score (nSPS) is 14.4. The molecule has 4 heteroatoms. The molecule has 0 bridgehead atoms. The second-order valence-corrected chi connectivity index (χ2v) is 8.18. The predicted octanol–water partition coefficient (Wildman–Crippen LogP) is 4.89. The molecule has 0 N–H and O–H groups in total. The molecule has 0 aliphatic carbocycles. The van der Waals surface area contributed by atoms with Gasteiger partial charge in [-0.05, 0) is 78.3 Å². The van der Waals surface area contributed by atoms with E-state index in [2.05, 4.69) is 34.7 Å². The smallest absolute Gasteiger partial charge is 0.287 e. The Morgan fingerprint density at radius 3 is 2.80 bits per heavy atom. The van der Waals surface area contributed by atoms with Crippen LogP contribution in [0.2, 0.25) is 0 Å². The fraction of sp³-hybridized carbons (Fsp3) is 0.192. The first-order valence-corrected chi connectivity index (χ1v) is 10.1. The number of aryl methyl sites for hydroxylation is 3. The van der Waals surface area contributed by atoms with Gasteiger partial charge in [-0.25, -0.2) is 9.55 Å². The SMILES string of the molecule is [2H]C([2H])([2H])c1cc2c(c(-c3c4ccc(C)cc4nc[n+]3C)c1C)Cc1nc3ccccc3n1-2. The average Bonchev–Trinajstić information content (AvgIpc) is 3.29. The fourth-order valence-electron chi connectivity index (χ4n) is 4.80. The van der Waals surface area contributed by atoms with Gasteiger partial charge < -0.3 is 0 Å². The molecule has 0 spiro atoms. The molecule has 0 fully saturated rings. The molecule has 4 nitrogen and oxygen atoms in total. The lowest BCUT2D eigenvalue weighted by Crippen LogP contribution is -2.32. The van der Waals surface area contributed by atoms with E-state index in [4.69, 9.17) is 9.10 Å². The molecule has 0 atom stereocenters. The number of rotatable bonds is 1. The van der Waals surface area contributed by atoms with Crippen LogP contribution in [0.5, 0.6) is 0 Å². The molecule has 146 valence electrons. The molecule has 0 saturated heterocycles. The summed E-state index contributed by atoms with van der Waals surface area (Å²) in [5.41, 5.74) is 9.08. The van der Waals surface area contributed by atoms with Crippen LogP contribution in [0.25, 0.3) is 38.9 Å². The topological polar surface area (TPSA) is 34.6 Å². The molecule has 2 aromatic heterocycles. The summed E-state index contributed by atoms with van der Waals surface area (Å²) in [6.07, 6.45) is 2.46. The standard InChI is InChI=1S/C26H23N4/c1-15-9-10-18-21(11-15)27-14-29(4)26(18)25-17(3)16(2)12-23-19(25)13-24-28-20-7-5-6-8-22(20)30(23)24/h5-12,14H,13H2,1-4H3/q+1/i2D3. The van der Waals surface area contributed by atoms with Crippen molar-refractivity contribution >= 4 is 21.9 Å². The number of benzene rings is 3. The van der Waals surface area contributed by atoms with Crippen molar-refractivity contribution in [3.63, 3.8) is 0 Å². The lowest BCUT2D eigenvalue weighted by molar-refractivity contribution is -0.662. The van der Waals surface area contributed by atoms with Crippen LogP contribution < -0.4 is 4.57 Å². The Hall–Kier alpha value is -3.53. The summed E-state index contributed by atoms with van der Waals surface area (Å²) < 4.78 is 29.0. The number of aromatic nitrogens is 4. The highest BCUT2D eigenvalue weighted by Crippen LogP contribution is 2.41. The molecule has 0 saturated carbocycles. The molecule has 30 heavy (non-hydrogen) atoms. The van der Waals surface area contributed by atoms with E-state index < -0.39 is 6.85 Å². The van der Waals surface area contributed by atoms with Crippen LogP contribution in [0.3, 0.4) is 0 Å². The van der Waals surface area contributed by atoms with E-state index in [0.29, 0.717) is 12.0 Å². The Morgan fingerprint density at radius 1 is 1.07 bits per heavy atom. The quantitative estimate of drug-likeness (QED) is 0.372. The Balaban J connectivity index is 1.76. The highest BCUT2D eigenvalue weighted by Gasteiger charge is 2.30. The monoisotopic (exact) mass is 394 g/mol. The van der Waals surface area contributed by atoms with Gasteiger partial charge in [-0.1, -0.05) is 18.2 Å². The van der Waals surface area contributed by atoms with E-state index >= 15 is 0 Å². The number of hydrogen-bond donors (Lipinski definition) is 0. The zero-order valence-corrected chi connectivity index (χ0v) is 17.2. The number of para-hydroxylation sites is 2.